The second-order valence-corrected chi connectivity index (χ2v) is 10.5. The summed E-state index contributed by atoms with van der Waals surface area (Å²) < 4.78 is 39.3. The highest BCUT2D eigenvalue weighted by Gasteiger charge is 2.25. The summed E-state index contributed by atoms with van der Waals surface area (Å²) in [5.74, 6) is 0. The van der Waals surface area contributed by atoms with E-state index in [0.29, 0.717) is 31.3 Å². The zero-order valence-corrected chi connectivity index (χ0v) is 19.1. The lowest BCUT2D eigenvalue weighted by Gasteiger charge is -2.26. The highest BCUT2D eigenvalue weighted by atomic mass is 32.2. The third-order valence-electron chi connectivity index (χ3n) is 6.37. The number of nitrogens with zero attached hydrogens (tertiary/aromatic N) is 2. The molecule has 0 atom stereocenters. The lowest BCUT2D eigenvalue weighted by Crippen LogP contribution is -2.24. The van der Waals surface area contributed by atoms with Crippen molar-refractivity contribution in [1.82, 2.24) is 8.96 Å². The number of pyridine rings is 1. The number of ether oxygens (including phenoxy) is 2. The molecule has 3 heterocycles. The first kappa shape index (κ1) is 21.4. The number of hydrogen-bond donors (Lipinski definition) is 1. The number of benzene rings is 1. The molecular weight excluding hydrogens is 426 g/mol. The number of aromatic nitrogens is 2. The maximum absolute atomic E-state index is 13.3. The Balaban J connectivity index is 1.57. The van der Waals surface area contributed by atoms with Gasteiger partial charge in [-0.3, -0.25) is 0 Å². The van der Waals surface area contributed by atoms with E-state index in [1.54, 1.807) is 24.5 Å². The largest absolute Gasteiger partial charge is 0.381 e. The monoisotopic (exact) mass is 455 g/mol. The van der Waals surface area contributed by atoms with Gasteiger partial charge in [0.25, 0.3) is 10.0 Å². The van der Waals surface area contributed by atoms with Crippen molar-refractivity contribution < 1.29 is 17.9 Å². The molecule has 1 aliphatic carbocycles. The van der Waals surface area contributed by atoms with Crippen molar-refractivity contribution in [3.63, 3.8) is 0 Å². The maximum atomic E-state index is 13.3. The summed E-state index contributed by atoms with van der Waals surface area (Å²) in [6, 6.07) is 9.11. The molecule has 0 spiro atoms. The fraction of sp³-hybridized carbons (Fsp3) is 0.458. The van der Waals surface area contributed by atoms with Crippen molar-refractivity contribution >= 4 is 26.7 Å². The Kier molecular flexibility index (Phi) is 5.92. The molecule has 3 aromatic rings. The standard InChI is InChI=1S/C24H29N3O4S/c1-17-7-9-20(10-8-17)32(28,29)27-12-11-21-23(26-19-5-3-2-4-6-19)18(16-25-24(21)27)15-22-30-13-14-31-22/h7-12,16,19,22H,2-6,13-15H2,1H3,(H,25,26). The van der Waals surface area contributed by atoms with Crippen molar-refractivity contribution in [3.05, 3.63) is 53.9 Å². The van der Waals surface area contributed by atoms with Gasteiger partial charge in [0.15, 0.2) is 11.9 Å². The van der Waals surface area contributed by atoms with E-state index in [9.17, 15) is 8.42 Å². The SMILES string of the molecule is Cc1ccc(S(=O)(=O)n2ccc3c(NC4CCCCC4)c(CC4OCCO4)cnc32)cc1. The summed E-state index contributed by atoms with van der Waals surface area (Å²) >= 11 is 0. The molecule has 0 amide bonds. The second-order valence-electron chi connectivity index (χ2n) is 8.68. The molecule has 32 heavy (non-hydrogen) atoms. The average molecular weight is 456 g/mol. The minimum absolute atomic E-state index is 0.251. The molecule has 1 aromatic carbocycles. The quantitative estimate of drug-likeness (QED) is 0.599. The number of hydrogen-bond acceptors (Lipinski definition) is 6. The number of anilines is 1. The summed E-state index contributed by atoms with van der Waals surface area (Å²) in [6.45, 7) is 3.12. The molecule has 0 bridgehead atoms. The zero-order valence-electron chi connectivity index (χ0n) is 18.3. The lowest BCUT2D eigenvalue weighted by molar-refractivity contribution is -0.0399. The number of fused-ring (bicyclic) bond motifs is 1. The topological polar surface area (TPSA) is 82.5 Å². The summed E-state index contributed by atoms with van der Waals surface area (Å²) in [7, 11) is -3.75. The van der Waals surface area contributed by atoms with Crippen LogP contribution in [0.1, 0.15) is 43.2 Å². The summed E-state index contributed by atoms with van der Waals surface area (Å²) in [6.07, 6.45) is 9.56. The summed E-state index contributed by atoms with van der Waals surface area (Å²) in [5.41, 5.74) is 3.37. The minimum Gasteiger partial charge on any atom is -0.381 e. The van der Waals surface area contributed by atoms with E-state index in [2.05, 4.69) is 10.3 Å². The van der Waals surface area contributed by atoms with Crippen molar-refractivity contribution in [2.75, 3.05) is 18.5 Å². The van der Waals surface area contributed by atoms with Gasteiger partial charge in [-0.25, -0.2) is 17.4 Å². The smallest absolute Gasteiger partial charge is 0.269 e. The molecule has 8 heteroatoms. The summed E-state index contributed by atoms with van der Waals surface area (Å²) in [5, 5.41) is 4.53. The Morgan fingerprint density at radius 3 is 2.50 bits per heavy atom. The third kappa shape index (κ3) is 4.14. The van der Waals surface area contributed by atoms with E-state index >= 15 is 0 Å². The van der Waals surface area contributed by atoms with Gasteiger partial charge in [-0.1, -0.05) is 37.0 Å². The first-order valence-corrected chi connectivity index (χ1v) is 12.8. The van der Waals surface area contributed by atoms with Crippen LogP contribution in [0, 0.1) is 6.92 Å². The number of aryl methyl sites for hydroxylation is 1. The maximum Gasteiger partial charge on any atom is 0.269 e. The second kappa shape index (κ2) is 8.84. The summed E-state index contributed by atoms with van der Waals surface area (Å²) in [4.78, 5) is 4.83. The molecule has 7 nitrogen and oxygen atoms in total. The van der Waals surface area contributed by atoms with Crippen LogP contribution in [0.5, 0.6) is 0 Å². The average Bonchev–Trinajstić information content (AvgIpc) is 3.47. The van der Waals surface area contributed by atoms with E-state index in [4.69, 9.17) is 9.47 Å². The Morgan fingerprint density at radius 2 is 1.78 bits per heavy atom. The van der Waals surface area contributed by atoms with E-state index in [1.807, 2.05) is 25.1 Å². The van der Waals surface area contributed by atoms with Crippen LogP contribution >= 0.6 is 0 Å². The predicted molar refractivity (Wildman–Crippen MR) is 123 cm³/mol. The molecule has 2 fully saturated rings. The van der Waals surface area contributed by atoms with E-state index in [0.717, 1.165) is 35.0 Å². The predicted octanol–water partition coefficient (Wildman–Crippen LogP) is 4.24. The molecule has 1 aliphatic heterocycles. The van der Waals surface area contributed by atoms with Crippen molar-refractivity contribution in [1.29, 1.82) is 0 Å². The molecule has 0 radical (unpaired) electrons. The van der Waals surface area contributed by atoms with Gasteiger partial charge in [-0.2, -0.15) is 0 Å². The van der Waals surface area contributed by atoms with Crippen molar-refractivity contribution in [3.8, 4) is 0 Å². The molecule has 1 N–H and O–H groups in total. The van der Waals surface area contributed by atoms with Crippen LogP contribution in [-0.4, -0.2) is 42.9 Å². The highest BCUT2D eigenvalue weighted by Crippen LogP contribution is 2.33. The van der Waals surface area contributed by atoms with E-state index in [-0.39, 0.29) is 11.2 Å². The van der Waals surface area contributed by atoms with Gasteiger partial charge in [0.1, 0.15) is 0 Å². The van der Waals surface area contributed by atoms with Crippen LogP contribution in [0.3, 0.4) is 0 Å². The Hall–Kier alpha value is -2.42. The lowest BCUT2D eigenvalue weighted by atomic mass is 9.94. The van der Waals surface area contributed by atoms with Crippen molar-refractivity contribution in [2.45, 2.75) is 62.7 Å². The number of nitrogens with one attached hydrogen (secondary N) is 1. The van der Waals surface area contributed by atoms with Crippen LogP contribution in [-0.2, 0) is 25.9 Å². The van der Waals surface area contributed by atoms with E-state index < -0.39 is 10.0 Å². The van der Waals surface area contributed by atoms with Crippen LogP contribution < -0.4 is 5.32 Å². The van der Waals surface area contributed by atoms with Crippen LogP contribution in [0.15, 0.2) is 47.6 Å². The van der Waals surface area contributed by atoms with Crippen LogP contribution in [0.25, 0.3) is 11.0 Å². The molecule has 2 aromatic heterocycles. The first-order valence-electron chi connectivity index (χ1n) is 11.3. The van der Waals surface area contributed by atoms with E-state index in [1.165, 1.54) is 23.2 Å². The van der Waals surface area contributed by atoms with Gasteiger partial charge in [0.05, 0.1) is 23.8 Å². The van der Waals surface area contributed by atoms with Gasteiger partial charge >= 0.3 is 0 Å². The molecule has 1 saturated carbocycles. The van der Waals surface area contributed by atoms with Gasteiger partial charge in [-0.05, 0) is 43.5 Å². The Morgan fingerprint density at radius 1 is 1.06 bits per heavy atom. The van der Waals surface area contributed by atoms with Gasteiger partial charge in [-0.15, -0.1) is 0 Å². The molecule has 170 valence electrons. The Labute approximate surface area is 188 Å². The zero-order chi connectivity index (χ0) is 22.1. The van der Waals surface area contributed by atoms with Crippen LogP contribution in [0.2, 0.25) is 0 Å². The Bertz CT molecular complexity index is 1190. The molecule has 5 rings (SSSR count). The van der Waals surface area contributed by atoms with Gasteiger partial charge in [0.2, 0.25) is 0 Å². The van der Waals surface area contributed by atoms with Crippen molar-refractivity contribution in [2.24, 2.45) is 0 Å². The van der Waals surface area contributed by atoms with Gasteiger partial charge < -0.3 is 14.8 Å². The fourth-order valence-corrected chi connectivity index (χ4v) is 5.90. The minimum atomic E-state index is -3.75. The first-order chi connectivity index (χ1) is 15.5. The highest BCUT2D eigenvalue weighted by molar-refractivity contribution is 7.90. The number of rotatable bonds is 6. The fourth-order valence-electron chi connectivity index (χ4n) is 4.60. The normalized spacial score (nSPS) is 18.4. The molecular formula is C24H29N3O4S. The molecule has 1 saturated heterocycles. The third-order valence-corrected chi connectivity index (χ3v) is 8.05. The van der Waals surface area contributed by atoms with Gasteiger partial charge in [0, 0.05) is 30.2 Å². The van der Waals surface area contributed by atoms with Crippen LogP contribution in [0.4, 0.5) is 5.69 Å². The molecule has 0 unspecified atom stereocenters. The molecule has 2 aliphatic rings.